The van der Waals surface area contributed by atoms with Crippen LogP contribution in [0.2, 0.25) is 0 Å². The smallest absolute Gasteiger partial charge is 0.289 e. The van der Waals surface area contributed by atoms with Crippen LogP contribution in [0.25, 0.3) is 11.3 Å². The molecule has 0 spiro atoms. The summed E-state index contributed by atoms with van der Waals surface area (Å²) in [6, 6.07) is 11.1. The first-order chi connectivity index (χ1) is 13.5. The second-order valence-electron chi connectivity index (χ2n) is 6.61. The molecule has 0 aliphatic carbocycles. The number of carbonyl (C=O) groups excluding carboxylic acids is 2. The van der Waals surface area contributed by atoms with Crippen molar-refractivity contribution in [1.82, 2.24) is 19.6 Å². The summed E-state index contributed by atoms with van der Waals surface area (Å²) in [7, 11) is 1.75. The summed E-state index contributed by atoms with van der Waals surface area (Å²) in [6.45, 7) is 1.72. The van der Waals surface area contributed by atoms with Gasteiger partial charge in [0.2, 0.25) is 0 Å². The number of aryl methyl sites for hydroxylation is 1. The monoisotopic (exact) mass is 382 g/mol. The standard InChI is InChI=1S/C20H19FN4O3/c1-23-17(14-4-6-15(21)7-5-14)13-16(22-23)19(26)24-8-10-25(11-9-24)20(27)18-3-2-12-28-18/h2-7,12-13H,8-11H2,1H3. The van der Waals surface area contributed by atoms with Crippen LogP contribution in [0.15, 0.2) is 53.1 Å². The lowest BCUT2D eigenvalue weighted by Gasteiger charge is -2.33. The van der Waals surface area contributed by atoms with Gasteiger partial charge >= 0.3 is 0 Å². The number of halogens is 1. The van der Waals surface area contributed by atoms with E-state index in [1.165, 1.54) is 18.4 Å². The van der Waals surface area contributed by atoms with E-state index in [0.717, 1.165) is 11.3 Å². The largest absolute Gasteiger partial charge is 0.459 e. The molecule has 0 radical (unpaired) electrons. The van der Waals surface area contributed by atoms with Gasteiger partial charge in [0.15, 0.2) is 11.5 Å². The van der Waals surface area contributed by atoms with Crippen LogP contribution in [0.1, 0.15) is 21.0 Å². The number of benzene rings is 1. The Morgan fingerprint density at radius 2 is 1.64 bits per heavy atom. The molecule has 0 bridgehead atoms. The third-order valence-electron chi connectivity index (χ3n) is 4.82. The third kappa shape index (κ3) is 3.40. The number of piperazine rings is 1. The number of furan rings is 1. The second kappa shape index (κ2) is 7.30. The van der Waals surface area contributed by atoms with Gasteiger partial charge in [0, 0.05) is 33.2 Å². The molecular formula is C20H19FN4O3. The van der Waals surface area contributed by atoms with Crippen molar-refractivity contribution in [3.63, 3.8) is 0 Å². The first kappa shape index (κ1) is 18.0. The quantitative estimate of drug-likeness (QED) is 0.698. The van der Waals surface area contributed by atoms with E-state index in [1.807, 2.05) is 0 Å². The van der Waals surface area contributed by atoms with Gasteiger partial charge in [-0.1, -0.05) is 0 Å². The normalized spacial score (nSPS) is 14.4. The molecule has 2 amide bonds. The Kier molecular flexibility index (Phi) is 4.68. The van der Waals surface area contributed by atoms with Crippen molar-refractivity contribution in [2.45, 2.75) is 0 Å². The summed E-state index contributed by atoms with van der Waals surface area (Å²) < 4.78 is 19.9. The van der Waals surface area contributed by atoms with Crippen molar-refractivity contribution in [1.29, 1.82) is 0 Å². The van der Waals surface area contributed by atoms with Crippen LogP contribution in [-0.4, -0.2) is 57.6 Å². The molecule has 2 aromatic heterocycles. The third-order valence-corrected chi connectivity index (χ3v) is 4.82. The molecule has 1 aliphatic rings. The first-order valence-corrected chi connectivity index (χ1v) is 8.95. The molecule has 3 aromatic rings. The molecule has 144 valence electrons. The van der Waals surface area contributed by atoms with Crippen molar-refractivity contribution in [3.05, 3.63) is 66.0 Å². The SMILES string of the molecule is Cn1nc(C(=O)N2CCN(C(=O)c3ccco3)CC2)cc1-c1ccc(F)cc1. The molecule has 1 aromatic carbocycles. The molecule has 0 saturated carbocycles. The second-order valence-corrected chi connectivity index (χ2v) is 6.61. The van der Waals surface area contributed by atoms with Crippen molar-refractivity contribution < 1.29 is 18.4 Å². The zero-order chi connectivity index (χ0) is 19.7. The van der Waals surface area contributed by atoms with E-state index in [0.29, 0.717) is 37.6 Å². The molecule has 1 saturated heterocycles. The van der Waals surface area contributed by atoms with E-state index in [4.69, 9.17) is 4.42 Å². The molecule has 4 rings (SSSR count). The van der Waals surface area contributed by atoms with Gasteiger partial charge < -0.3 is 14.2 Å². The fourth-order valence-electron chi connectivity index (χ4n) is 3.29. The lowest BCUT2D eigenvalue weighted by atomic mass is 10.1. The van der Waals surface area contributed by atoms with Crippen molar-refractivity contribution >= 4 is 11.8 Å². The number of amides is 2. The minimum atomic E-state index is -0.316. The molecule has 8 heteroatoms. The Bertz CT molecular complexity index is 987. The minimum absolute atomic E-state index is 0.173. The van der Waals surface area contributed by atoms with E-state index in [9.17, 15) is 14.0 Å². The van der Waals surface area contributed by atoms with Crippen LogP contribution in [0.3, 0.4) is 0 Å². The molecule has 0 atom stereocenters. The van der Waals surface area contributed by atoms with Gasteiger partial charge in [-0.2, -0.15) is 5.10 Å². The summed E-state index contributed by atoms with van der Waals surface area (Å²) in [5.74, 6) is -0.375. The Hall–Kier alpha value is -3.42. The number of rotatable bonds is 3. The molecule has 1 fully saturated rings. The molecule has 7 nitrogen and oxygen atoms in total. The predicted octanol–water partition coefficient (Wildman–Crippen LogP) is 2.42. The van der Waals surface area contributed by atoms with E-state index in [2.05, 4.69) is 5.10 Å². The zero-order valence-corrected chi connectivity index (χ0v) is 15.3. The van der Waals surface area contributed by atoms with Gasteiger partial charge in [-0.3, -0.25) is 14.3 Å². The van der Waals surface area contributed by atoms with Gasteiger partial charge in [0.05, 0.1) is 12.0 Å². The van der Waals surface area contributed by atoms with E-state index < -0.39 is 0 Å². The highest BCUT2D eigenvalue weighted by Crippen LogP contribution is 2.21. The Labute approximate surface area is 161 Å². The Morgan fingerprint density at radius 1 is 1.00 bits per heavy atom. The van der Waals surface area contributed by atoms with Crippen LogP contribution >= 0.6 is 0 Å². The molecule has 28 heavy (non-hydrogen) atoms. The molecule has 0 unspecified atom stereocenters. The maximum Gasteiger partial charge on any atom is 0.289 e. The lowest BCUT2D eigenvalue weighted by Crippen LogP contribution is -2.50. The van der Waals surface area contributed by atoms with E-state index in [1.54, 1.807) is 51.9 Å². The van der Waals surface area contributed by atoms with Gasteiger partial charge in [-0.25, -0.2) is 4.39 Å². The first-order valence-electron chi connectivity index (χ1n) is 8.95. The average Bonchev–Trinajstić information content (AvgIpc) is 3.38. The van der Waals surface area contributed by atoms with Crippen LogP contribution in [-0.2, 0) is 7.05 Å². The highest BCUT2D eigenvalue weighted by atomic mass is 19.1. The zero-order valence-electron chi connectivity index (χ0n) is 15.3. The van der Waals surface area contributed by atoms with Crippen LogP contribution < -0.4 is 0 Å². The van der Waals surface area contributed by atoms with Gasteiger partial charge in [-0.05, 0) is 48.0 Å². The fourth-order valence-corrected chi connectivity index (χ4v) is 3.29. The van der Waals surface area contributed by atoms with Crippen LogP contribution in [0.4, 0.5) is 4.39 Å². The Balaban J connectivity index is 1.44. The summed E-state index contributed by atoms with van der Waals surface area (Å²) in [5, 5.41) is 4.32. The number of carbonyl (C=O) groups is 2. The van der Waals surface area contributed by atoms with Crippen molar-refractivity contribution in [3.8, 4) is 11.3 Å². The maximum atomic E-state index is 13.1. The number of hydrogen-bond acceptors (Lipinski definition) is 4. The maximum absolute atomic E-state index is 13.1. The number of nitrogens with zero attached hydrogens (tertiary/aromatic N) is 4. The van der Waals surface area contributed by atoms with E-state index >= 15 is 0 Å². The highest BCUT2D eigenvalue weighted by Gasteiger charge is 2.28. The van der Waals surface area contributed by atoms with Gasteiger partial charge in [0.1, 0.15) is 5.82 Å². The van der Waals surface area contributed by atoms with Gasteiger partial charge in [-0.15, -0.1) is 0 Å². The molecule has 1 aliphatic heterocycles. The summed E-state index contributed by atoms with van der Waals surface area (Å²) in [4.78, 5) is 28.5. The topological polar surface area (TPSA) is 71.6 Å². The van der Waals surface area contributed by atoms with Crippen molar-refractivity contribution in [2.75, 3.05) is 26.2 Å². The minimum Gasteiger partial charge on any atom is -0.459 e. The Morgan fingerprint density at radius 3 is 2.25 bits per heavy atom. The molecular weight excluding hydrogens is 363 g/mol. The van der Waals surface area contributed by atoms with Crippen LogP contribution in [0, 0.1) is 5.82 Å². The number of hydrogen-bond donors (Lipinski definition) is 0. The number of aromatic nitrogens is 2. The van der Waals surface area contributed by atoms with Crippen LogP contribution in [0.5, 0.6) is 0 Å². The molecule has 0 N–H and O–H groups in total. The lowest BCUT2D eigenvalue weighted by molar-refractivity contribution is 0.0515. The van der Waals surface area contributed by atoms with Crippen molar-refractivity contribution in [2.24, 2.45) is 7.05 Å². The fraction of sp³-hybridized carbons (Fsp3) is 0.250. The van der Waals surface area contributed by atoms with E-state index in [-0.39, 0.29) is 17.6 Å². The van der Waals surface area contributed by atoms with Gasteiger partial charge in [0.25, 0.3) is 11.8 Å². The summed E-state index contributed by atoms with van der Waals surface area (Å²) in [5.41, 5.74) is 1.84. The highest BCUT2D eigenvalue weighted by molar-refractivity contribution is 5.94. The summed E-state index contributed by atoms with van der Waals surface area (Å²) >= 11 is 0. The molecule has 3 heterocycles. The summed E-state index contributed by atoms with van der Waals surface area (Å²) in [6.07, 6.45) is 1.47. The predicted molar refractivity (Wildman–Crippen MR) is 99.1 cm³/mol. The average molecular weight is 382 g/mol.